The zero-order chi connectivity index (χ0) is 23.1. The molecular weight excluding hydrogens is 406 g/mol. The van der Waals surface area contributed by atoms with Gasteiger partial charge >= 0.3 is 6.09 Å². The summed E-state index contributed by atoms with van der Waals surface area (Å²) in [7, 11) is 0. The van der Waals surface area contributed by atoms with E-state index < -0.39 is 17.7 Å². The number of ether oxygens (including phenoxy) is 1. The maximum Gasteiger partial charge on any atom is 0.408 e. The Morgan fingerprint density at radius 2 is 1.84 bits per heavy atom. The number of carbonyl (C=O) groups is 2. The molecule has 1 saturated heterocycles. The molecule has 1 unspecified atom stereocenters. The Morgan fingerprint density at radius 1 is 1.16 bits per heavy atom. The summed E-state index contributed by atoms with van der Waals surface area (Å²) < 4.78 is 5.45. The van der Waals surface area contributed by atoms with Crippen molar-refractivity contribution < 1.29 is 19.2 Å². The molecule has 1 aliphatic carbocycles. The molecule has 7 heteroatoms. The number of nitrogens with zero attached hydrogens (tertiary/aromatic N) is 2. The van der Waals surface area contributed by atoms with Crippen molar-refractivity contribution in [2.24, 2.45) is 11.1 Å². The minimum Gasteiger partial charge on any atom is -0.444 e. The predicted octanol–water partition coefficient (Wildman–Crippen LogP) is 4.65. The number of benzene rings is 1. The largest absolute Gasteiger partial charge is 0.444 e. The first kappa shape index (κ1) is 24.1. The SMILES string of the molecule is CC1C(=NOCc2ccccc2)CCN1C(=O)[C@@H](NC(=O)OC(C)(C)C)C1CCCCC1. The third kappa shape index (κ3) is 6.71. The fourth-order valence-electron chi connectivity index (χ4n) is 4.47. The highest BCUT2D eigenvalue weighted by Gasteiger charge is 2.39. The topological polar surface area (TPSA) is 80.2 Å². The van der Waals surface area contributed by atoms with Crippen LogP contribution in [0.5, 0.6) is 0 Å². The monoisotopic (exact) mass is 443 g/mol. The third-order valence-electron chi connectivity index (χ3n) is 6.16. The van der Waals surface area contributed by atoms with Gasteiger partial charge < -0.3 is 19.8 Å². The highest BCUT2D eigenvalue weighted by atomic mass is 16.6. The maximum absolute atomic E-state index is 13.6. The second-order valence-electron chi connectivity index (χ2n) is 9.82. The van der Waals surface area contributed by atoms with Crippen LogP contribution in [0.4, 0.5) is 4.79 Å². The molecule has 1 heterocycles. The number of carbonyl (C=O) groups excluding carboxylic acids is 2. The van der Waals surface area contributed by atoms with E-state index in [1.807, 2.05) is 62.9 Å². The smallest absolute Gasteiger partial charge is 0.408 e. The van der Waals surface area contributed by atoms with Crippen LogP contribution in [0.1, 0.15) is 71.8 Å². The number of likely N-dealkylation sites (tertiary alicyclic amines) is 1. The molecule has 0 spiro atoms. The number of alkyl carbamates (subject to hydrolysis) is 1. The molecular formula is C25H37N3O4. The quantitative estimate of drug-likeness (QED) is 0.649. The highest BCUT2D eigenvalue weighted by molar-refractivity contribution is 5.97. The summed E-state index contributed by atoms with van der Waals surface area (Å²) in [4.78, 5) is 33.4. The van der Waals surface area contributed by atoms with Gasteiger partial charge in [-0.15, -0.1) is 0 Å². The molecule has 32 heavy (non-hydrogen) atoms. The van der Waals surface area contributed by atoms with Gasteiger partial charge in [-0.3, -0.25) is 4.79 Å². The molecule has 1 aliphatic heterocycles. The first-order chi connectivity index (χ1) is 15.2. The average Bonchev–Trinajstić information content (AvgIpc) is 3.12. The Morgan fingerprint density at radius 3 is 2.50 bits per heavy atom. The molecule has 7 nitrogen and oxygen atoms in total. The molecule has 3 rings (SSSR count). The zero-order valence-electron chi connectivity index (χ0n) is 19.8. The summed E-state index contributed by atoms with van der Waals surface area (Å²) in [6.07, 6.45) is 5.37. The van der Waals surface area contributed by atoms with E-state index >= 15 is 0 Å². The van der Waals surface area contributed by atoms with E-state index in [2.05, 4.69) is 10.5 Å². The van der Waals surface area contributed by atoms with Gasteiger partial charge in [-0.25, -0.2) is 4.79 Å². The first-order valence-corrected chi connectivity index (χ1v) is 11.8. The van der Waals surface area contributed by atoms with Gasteiger partial charge in [0.05, 0.1) is 11.8 Å². The lowest BCUT2D eigenvalue weighted by molar-refractivity contribution is -0.135. The maximum atomic E-state index is 13.6. The van der Waals surface area contributed by atoms with Gasteiger partial charge in [-0.05, 0) is 52.0 Å². The highest BCUT2D eigenvalue weighted by Crippen LogP contribution is 2.29. The van der Waals surface area contributed by atoms with Crippen LogP contribution in [0.2, 0.25) is 0 Å². The van der Waals surface area contributed by atoms with E-state index in [0.29, 0.717) is 19.6 Å². The van der Waals surface area contributed by atoms with Crippen molar-refractivity contribution >= 4 is 17.7 Å². The molecule has 1 aromatic rings. The molecule has 0 aromatic heterocycles. The molecule has 1 aromatic carbocycles. The second kappa shape index (κ2) is 10.8. The standard InChI is InChI=1S/C25H37N3O4/c1-18-21(27-31-17-19-11-7-5-8-12-19)15-16-28(18)23(29)22(20-13-9-6-10-14-20)26-24(30)32-25(2,3)4/h5,7-8,11-12,18,20,22H,6,9-10,13-17H2,1-4H3,(H,26,30)/t18?,22-/m0/s1. The molecule has 176 valence electrons. The lowest BCUT2D eigenvalue weighted by Gasteiger charge is -2.34. The minimum atomic E-state index is -0.610. The summed E-state index contributed by atoms with van der Waals surface area (Å²) in [5.74, 6) is 0.0785. The lowest BCUT2D eigenvalue weighted by Crippen LogP contribution is -2.54. The van der Waals surface area contributed by atoms with Crippen LogP contribution in [0.3, 0.4) is 0 Å². The van der Waals surface area contributed by atoms with Gasteiger partial charge in [0.1, 0.15) is 18.2 Å². The van der Waals surface area contributed by atoms with Crippen LogP contribution in [0.15, 0.2) is 35.5 Å². The summed E-state index contributed by atoms with van der Waals surface area (Å²) in [5, 5.41) is 7.22. The molecule has 2 fully saturated rings. The summed E-state index contributed by atoms with van der Waals surface area (Å²) in [5.41, 5.74) is 1.30. The Balaban J connectivity index is 1.65. The molecule has 0 bridgehead atoms. The van der Waals surface area contributed by atoms with Gasteiger partial charge in [0.15, 0.2) is 0 Å². The Labute approximate surface area is 191 Å². The fraction of sp³-hybridized carbons (Fsp3) is 0.640. The van der Waals surface area contributed by atoms with Crippen LogP contribution >= 0.6 is 0 Å². The van der Waals surface area contributed by atoms with E-state index in [1.165, 1.54) is 6.42 Å². The van der Waals surface area contributed by atoms with E-state index in [0.717, 1.165) is 37.0 Å². The van der Waals surface area contributed by atoms with Crippen LogP contribution in [-0.2, 0) is 21.0 Å². The third-order valence-corrected chi connectivity index (χ3v) is 6.16. The fourth-order valence-corrected chi connectivity index (χ4v) is 4.47. The minimum absolute atomic E-state index is 0.0523. The molecule has 2 atom stereocenters. The lowest BCUT2D eigenvalue weighted by atomic mass is 9.83. The zero-order valence-corrected chi connectivity index (χ0v) is 19.8. The molecule has 1 N–H and O–H groups in total. The summed E-state index contributed by atoms with van der Waals surface area (Å²) >= 11 is 0. The molecule has 0 radical (unpaired) electrons. The van der Waals surface area contributed by atoms with Crippen molar-refractivity contribution in [1.82, 2.24) is 10.2 Å². The number of amides is 2. The Hall–Kier alpha value is -2.57. The van der Waals surface area contributed by atoms with Gasteiger partial charge in [0, 0.05) is 13.0 Å². The number of oxime groups is 1. The van der Waals surface area contributed by atoms with Crippen molar-refractivity contribution in [3.63, 3.8) is 0 Å². The van der Waals surface area contributed by atoms with Crippen molar-refractivity contribution in [1.29, 1.82) is 0 Å². The van der Waals surface area contributed by atoms with Gasteiger partial charge in [-0.1, -0.05) is 54.8 Å². The predicted molar refractivity (Wildman–Crippen MR) is 124 cm³/mol. The first-order valence-electron chi connectivity index (χ1n) is 11.8. The Kier molecular flexibility index (Phi) is 8.15. The summed E-state index contributed by atoms with van der Waals surface area (Å²) in [6.45, 7) is 8.42. The van der Waals surface area contributed by atoms with Gasteiger partial charge in [0.25, 0.3) is 0 Å². The van der Waals surface area contributed by atoms with E-state index in [9.17, 15) is 9.59 Å². The molecule has 1 saturated carbocycles. The van der Waals surface area contributed by atoms with Crippen LogP contribution in [-0.4, -0.2) is 46.8 Å². The van der Waals surface area contributed by atoms with Crippen molar-refractivity contribution in [3.8, 4) is 0 Å². The van der Waals surface area contributed by atoms with Crippen LogP contribution in [0.25, 0.3) is 0 Å². The number of nitrogens with one attached hydrogen (secondary N) is 1. The van der Waals surface area contributed by atoms with E-state index in [-0.39, 0.29) is 17.9 Å². The molecule has 2 aliphatic rings. The van der Waals surface area contributed by atoms with Crippen LogP contribution in [0, 0.1) is 5.92 Å². The van der Waals surface area contributed by atoms with E-state index in [4.69, 9.17) is 9.57 Å². The normalized spacial score (nSPS) is 21.9. The van der Waals surface area contributed by atoms with E-state index in [1.54, 1.807) is 0 Å². The van der Waals surface area contributed by atoms with Gasteiger partial charge in [-0.2, -0.15) is 0 Å². The molecule has 2 amide bonds. The average molecular weight is 444 g/mol. The van der Waals surface area contributed by atoms with Crippen molar-refractivity contribution in [2.45, 2.75) is 90.5 Å². The van der Waals surface area contributed by atoms with Crippen molar-refractivity contribution in [2.75, 3.05) is 6.54 Å². The van der Waals surface area contributed by atoms with Crippen LogP contribution < -0.4 is 5.32 Å². The number of rotatable bonds is 6. The second-order valence-corrected chi connectivity index (χ2v) is 9.82. The number of hydrogen-bond donors (Lipinski definition) is 1. The Bertz CT molecular complexity index is 797. The van der Waals surface area contributed by atoms with Gasteiger partial charge in [0.2, 0.25) is 5.91 Å². The van der Waals surface area contributed by atoms with Crippen molar-refractivity contribution in [3.05, 3.63) is 35.9 Å². The summed E-state index contributed by atoms with van der Waals surface area (Å²) in [6, 6.07) is 9.14. The number of hydrogen-bond acceptors (Lipinski definition) is 5.